The molecule has 0 unspecified atom stereocenters. The Kier molecular flexibility index (Phi) is 5.73. The molecule has 11 nitrogen and oxygen atoms in total. The van der Waals surface area contributed by atoms with Crippen LogP contribution in [0, 0.1) is 11.6 Å². The number of nitrogens with one attached hydrogen (secondary N) is 2. The van der Waals surface area contributed by atoms with Gasteiger partial charge in [0, 0.05) is 41.8 Å². The van der Waals surface area contributed by atoms with Crippen molar-refractivity contribution in [2.75, 3.05) is 0 Å². The van der Waals surface area contributed by atoms with Crippen LogP contribution in [0.15, 0.2) is 55.4 Å². The number of fused-ring (bicyclic) bond motifs is 1. The number of tetrazole rings is 1. The minimum absolute atomic E-state index is 0.0615. The van der Waals surface area contributed by atoms with Gasteiger partial charge in [0.25, 0.3) is 0 Å². The number of aromatic amines is 2. The van der Waals surface area contributed by atoms with Gasteiger partial charge in [-0.15, -0.1) is 5.10 Å². The van der Waals surface area contributed by atoms with Crippen molar-refractivity contribution in [1.29, 1.82) is 0 Å². The van der Waals surface area contributed by atoms with Gasteiger partial charge in [-0.2, -0.15) is 4.68 Å². The quantitative estimate of drug-likeness (QED) is 0.327. The van der Waals surface area contributed by atoms with E-state index in [4.69, 9.17) is 11.6 Å². The van der Waals surface area contributed by atoms with Gasteiger partial charge in [0.05, 0.1) is 28.6 Å². The first kappa shape index (κ1) is 24.3. The van der Waals surface area contributed by atoms with Crippen LogP contribution in [0.5, 0.6) is 0 Å². The molecule has 7 rings (SSSR count). The van der Waals surface area contributed by atoms with Crippen molar-refractivity contribution >= 4 is 23.1 Å². The summed E-state index contributed by atoms with van der Waals surface area (Å²) >= 11 is 6.11. The summed E-state index contributed by atoms with van der Waals surface area (Å²) in [6.45, 7) is 0. The Morgan fingerprint density at radius 1 is 1.05 bits per heavy atom. The molecular weight excluding hydrogens is 542 g/mol. The maximum absolute atomic E-state index is 15.3. The zero-order chi connectivity index (χ0) is 27.4. The molecule has 2 aliphatic rings. The molecule has 2 aliphatic heterocycles. The number of rotatable bonds is 5. The maximum Gasteiger partial charge on any atom is 0.247 e. The van der Waals surface area contributed by atoms with Gasteiger partial charge < -0.3 is 14.9 Å². The molecule has 40 heavy (non-hydrogen) atoms. The van der Waals surface area contributed by atoms with Gasteiger partial charge in [-0.05, 0) is 53.5 Å². The third-order valence-electron chi connectivity index (χ3n) is 7.31. The topological polar surface area (TPSA) is 134 Å². The first-order valence-corrected chi connectivity index (χ1v) is 12.8. The number of hydrogen-bond donors (Lipinski definition) is 2. The van der Waals surface area contributed by atoms with E-state index in [2.05, 4.69) is 40.4 Å². The highest BCUT2D eigenvalue weighted by Gasteiger charge is 2.42. The van der Waals surface area contributed by atoms with Gasteiger partial charge in [0.2, 0.25) is 5.91 Å². The molecule has 5 aromatic rings. The van der Waals surface area contributed by atoms with E-state index in [0.717, 1.165) is 0 Å². The van der Waals surface area contributed by atoms with Crippen LogP contribution >= 0.6 is 11.6 Å². The molecule has 14 heteroatoms. The van der Waals surface area contributed by atoms with Gasteiger partial charge in [0.15, 0.2) is 17.5 Å². The molecule has 0 aliphatic carbocycles. The molecule has 4 aromatic heterocycles. The number of imidazole rings is 2. The predicted octanol–water partition coefficient (Wildman–Crippen LogP) is 4.29. The van der Waals surface area contributed by atoms with E-state index in [1.807, 2.05) is 0 Å². The van der Waals surface area contributed by atoms with Crippen LogP contribution in [-0.4, -0.2) is 62.0 Å². The summed E-state index contributed by atoms with van der Waals surface area (Å²) in [5.74, 6) is -0.592. The van der Waals surface area contributed by atoms with Gasteiger partial charge >= 0.3 is 0 Å². The van der Waals surface area contributed by atoms with E-state index in [0.29, 0.717) is 47.9 Å². The zero-order valence-electron chi connectivity index (χ0n) is 20.6. The van der Waals surface area contributed by atoms with Gasteiger partial charge in [-0.25, -0.2) is 23.7 Å². The third-order valence-corrected chi connectivity index (χ3v) is 7.60. The monoisotopic (exact) mass is 560 g/mol. The second-order valence-electron chi connectivity index (χ2n) is 9.52. The highest BCUT2D eigenvalue weighted by Crippen LogP contribution is 2.44. The smallest absolute Gasteiger partial charge is 0.247 e. The van der Waals surface area contributed by atoms with Crippen LogP contribution in [0.2, 0.25) is 5.02 Å². The largest absolute Gasteiger partial charge is 0.343 e. The number of carbonyl (C=O) groups is 1. The van der Waals surface area contributed by atoms with Crippen molar-refractivity contribution in [2.45, 2.75) is 31.3 Å². The molecular formula is C26H19ClF2N10O. The van der Waals surface area contributed by atoms with Crippen LogP contribution in [0.3, 0.4) is 0 Å². The van der Waals surface area contributed by atoms with Crippen molar-refractivity contribution in [3.63, 3.8) is 0 Å². The number of nitrogens with zero attached hydrogens (tertiary/aromatic N) is 8. The first-order chi connectivity index (χ1) is 19.5. The minimum Gasteiger partial charge on any atom is -0.343 e. The number of pyridine rings is 1. The second kappa shape index (κ2) is 9.45. The fourth-order valence-electron chi connectivity index (χ4n) is 5.56. The fraction of sp³-hybridized carbons (Fsp3) is 0.192. The molecule has 0 saturated carbocycles. The van der Waals surface area contributed by atoms with Gasteiger partial charge in [-0.3, -0.25) is 4.79 Å². The van der Waals surface area contributed by atoms with Crippen molar-refractivity contribution in [3.8, 4) is 28.5 Å². The number of benzene rings is 1. The van der Waals surface area contributed by atoms with Crippen molar-refractivity contribution in [2.24, 2.45) is 0 Å². The Morgan fingerprint density at radius 3 is 2.75 bits per heavy atom. The zero-order valence-corrected chi connectivity index (χ0v) is 21.3. The summed E-state index contributed by atoms with van der Waals surface area (Å²) in [5, 5.41) is 11.1. The minimum atomic E-state index is -0.638. The second-order valence-corrected chi connectivity index (χ2v) is 9.92. The average Bonchev–Trinajstić information content (AvgIpc) is 3.77. The van der Waals surface area contributed by atoms with Gasteiger partial charge in [0.1, 0.15) is 17.8 Å². The SMILES string of the molecule is O=C1C=C(c2c(-n3cnnn3)ccc(Cl)c2F)C[C@H]2CC[C@@H](c3ncc(-c4ccnc(-c5ncc[nH]5)c4F)[nH]3)N12. The van der Waals surface area contributed by atoms with Crippen LogP contribution in [0.1, 0.15) is 36.7 Å². The Morgan fingerprint density at radius 2 is 1.95 bits per heavy atom. The number of carbonyl (C=O) groups excluding carboxylic acids is 1. The van der Waals surface area contributed by atoms with Crippen molar-refractivity contribution in [3.05, 3.63) is 83.4 Å². The molecule has 200 valence electrons. The number of amides is 1. The lowest BCUT2D eigenvalue weighted by Gasteiger charge is -2.33. The summed E-state index contributed by atoms with van der Waals surface area (Å²) in [6, 6.07) is 4.07. The number of aromatic nitrogens is 9. The van der Waals surface area contributed by atoms with E-state index in [-0.39, 0.29) is 39.8 Å². The first-order valence-electron chi connectivity index (χ1n) is 12.4. The summed E-state index contributed by atoms with van der Waals surface area (Å²) in [6.07, 6.45) is 10.7. The van der Waals surface area contributed by atoms with E-state index in [9.17, 15) is 4.79 Å². The fourth-order valence-corrected chi connectivity index (χ4v) is 5.72. The number of H-pyrrole nitrogens is 2. The van der Waals surface area contributed by atoms with Crippen LogP contribution in [0.4, 0.5) is 8.78 Å². The Balaban J connectivity index is 1.20. The van der Waals surface area contributed by atoms with Crippen LogP contribution in [0.25, 0.3) is 34.0 Å². The van der Waals surface area contributed by atoms with Crippen molar-refractivity contribution in [1.82, 2.24) is 50.0 Å². The molecule has 1 aromatic carbocycles. The third kappa shape index (κ3) is 3.88. The molecule has 2 N–H and O–H groups in total. The molecule has 0 bridgehead atoms. The Hall–Kier alpha value is -4.78. The normalized spacial score (nSPS) is 18.7. The summed E-state index contributed by atoms with van der Waals surface area (Å²) < 4.78 is 32.0. The molecule has 6 heterocycles. The molecule has 1 saturated heterocycles. The standard InChI is InChI=1S/C26H19ClF2N10O/c27-16-2-4-18(38-12-34-36-37-38)21(23(16)29)13-9-14-1-3-19(39(14)20(40)10-13)25-33-11-17(35-25)15-5-6-30-24(22(15)28)26-31-7-8-32-26/h2,4-8,10-12,14,19H,1,3,9H2,(H,31,32)(H,33,35)/t14-,19+/m1/s1. The average molecular weight is 561 g/mol. The highest BCUT2D eigenvalue weighted by atomic mass is 35.5. The molecule has 0 radical (unpaired) electrons. The summed E-state index contributed by atoms with van der Waals surface area (Å²) in [4.78, 5) is 34.0. The molecule has 1 fully saturated rings. The highest BCUT2D eigenvalue weighted by molar-refractivity contribution is 6.31. The molecule has 1 amide bonds. The lowest BCUT2D eigenvalue weighted by Crippen LogP contribution is -2.39. The van der Waals surface area contributed by atoms with E-state index in [1.54, 1.807) is 29.4 Å². The molecule has 0 spiro atoms. The molecule has 2 atom stereocenters. The lowest BCUT2D eigenvalue weighted by molar-refractivity contribution is -0.129. The van der Waals surface area contributed by atoms with E-state index >= 15 is 8.78 Å². The maximum atomic E-state index is 15.3. The van der Waals surface area contributed by atoms with Crippen molar-refractivity contribution < 1.29 is 13.6 Å². The lowest BCUT2D eigenvalue weighted by atomic mass is 9.92. The predicted molar refractivity (Wildman–Crippen MR) is 139 cm³/mol. The van der Waals surface area contributed by atoms with Crippen LogP contribution in [-0.2, 0) is 4.79 Å². The van der Waals surface area contributed by atoms with E-state index < -0.39 is 11.6 Å². The van der Waals surface area contributed by atoms with E-state index in [1.165, 1.54) is 35.5 Å². The Bertz CT molecular complexity index is 1770. The summed E-state index contributed by atoms with van der Waals surface area (Å²) in [5.41, 5.74) is 1.93. The van der Waals surface area contributed by atoms with Crippen LogP contribution < -0.4 is 0 Å². The van der Waals surface area contributed by atoms with Gasteiger partial charge in [-0.1, -0.05) is 11.6 Å². The Labute approximate surface area is 229 Å². The number of halogens is 3. The summed E-state index contributed by atoms with van der Waals surface area (Å²) in [7, 11) is 0. The number of hydrogen-bond acceptors (Lipinski definition) is 7.